The van der Waals surface area contributed by atoms with Gasteiger partial charge in [0.1, 0.15) is 0 Å². The van der Waals surface area contributed by atoms with Gasteiger partial charge in [-0.15, -0.1) is 0 Å². The van der Waals surface area contributed by atoms with Crippen LogP contribution in [0.4, 0.5) is 5.69 Å². The molecule has 4 rings (SSSR count). The fourth-order valence-corrected chi connectivity index (χ4v) is 6.73. The average molecular weight is 455 g/mol. The van der Waals surface area contributed by atoms with Gasteiger partial charge in [-0.25, -0.2) is 8.42 Å². The van der Waals surface area contributed by atoms with Crippen molar-refractivity contribution in [3.63, 3.8) is 0 Å². The number of carbonyl (C=O) groups excluding carboxylic acids is 2. The molecule has 1 saturated carbocycles. The van der Waals surface area contributed by atoms with E-state index in [-0.39, 0.29) is 35.1 Å². The van der Waals surface area contributed by atoms with Crippen molar-refractivity contribution < 1.29 is 18.0 Å². The van der Waals surface area contributed by atoms with Crippen LogP contribution in [-0.4, -0.2) is 31.7 Å². The summed E-state index contributed by atoms with van der Waals surface area (Å²) in [5.74, 6) is -0.636. The Kier molecular flexibility index (Phi) is 6.12. The number of sulfonamides is 1. The Morgan fingerprint density at radius 3 is 2.22 bits per heavy atom. The zero-order valence-corrected chi connectivity index (χ0v) is 19.7. The van der Waals surface area contributed by atoms with Gasteiger partial charge < -0.3 is 0 Å². The minimum Gasteiger partial charge on any atom is -0.278 e. The largest absolute Gasteiger partial charge is 0.278 e. The van der Waals surface area contributed by atoms with Gasteiger partial charge >= 0.3 is 0 Å². The number of anilines is 1. The van der Waals surface area contributed by atoms with E-state index in [1.807, 2.05) is 32.0 Å². The van der Waals surface area contributed by atoms with Crippen molar-refractivity contribution in [1.82, 2.24) is 4.90 Å². The van der Waals surface area contributed by atoms with Gasteiger partial charge in [0.15, 0.2) is 0 Å². The number of imide groups is 1. The Balaban J connectivity index is 1.65. The summed E-state index contributed by atoms with van der Waals surface area (Å²) in [7, 11) is -3.81. The highest BCUT2D eigenvalue weighted by Crippen LogP contribution is 2.39. The molecule has 2 fully saturated rings. The maximum Gasteiger partial charge on any atom is 0.264 e. The lowest BCUT2D eigenvalue weighted by Gasteiger charge is -2.25. The van der Waals surface area contributed by atoms with Gasteiger partial charge in [0, 0.05) is 6.54 Å². The Labute approximate surface area is 190 Å². The molecule has 1 heterocycles. The van der Waals surface area contributed by atoms with Gasteiger partial charge in [-0.05, 0) is 68.5 Å². The molecular formula is C25H30N2O4S. The van der Waals surface area contributed by atoms with Crippen LogP contribution >= 0.6 is 0 Å². The number of hydrogen-bond donors (Lipinski definition) is 0. The zero-order valence-electron chi connectivity index (χ0n) is 18.9. The summed E-state index contributed by atoms with van der Waals surface area (Å²) in [5.41, 5.74) is 2.88. The molecule has 0 bridgehead atoms. The van der Waals surface area contributed by atoms with E-state index >= 15 is 0 Å². The van der Waals surface area contributed by atoms with Crippen LogP contribution in [0.1, 0.15) is 49.3 Å². The summed E-state index contributed by atoms with van der Waals surface area (Å²) in [6, 6.07) is 12.6. The molecule has 0 N–H and O–H groups in total. The van der Waals surface area contributed by atoms with Crippen LogP contribution in [0.15, 0.2) is 47.4 Å². The van der Waals surface area contributed by atoms with E-state index in [9.17, 15) is 18.0 Å². The van der Waals surface area contributed by atoms with Crippen molar-refractivity contribution in [2.75, 3.05) is 10.8 Å². The normalized spacial score (nSPS) is 21.0. The highest BCUT2D eigenvalue weighted by atomic mass is 32.2. The van der Waals surface area contributed by atoms with Gasteiger partial charge in [0.2, 0.25) is 11.8 Å². The molecule has 0 aromatic heterocycles. The quantitative estimate of drug-likeness (QED) is 0.614. The van der Waals surface area contributed by atoms with Crippen molar-refractivity contribution in [2.45, 2.75) is 57.9 Å². The fourth-order valence-electron chi connectivity index (χ4n) is 4.98. The molecule has 2 amide bonds. The first-order valence-electron chi connectivity index (χ1n) is 11.3. The molecule has 2 aliphatic rings. The first kappa shape index (κ1) is 22.5. The number of likely N-dealkylation sites (tertiary alicyclic amines) is 1. The third-order valence-electron chi connectivity index (χ3n) is 6.67. The maximum atomic E-state index is 13.6. The lowest BCUT2D eigenvalue weighted by molar-refractivity contribution is -0.140. The van der Waals surface area contributed by atoms with E-state index in [0.717, 1.165) is 31.2 Å². The Bertz CT molecular complexity index is 1130. The maximum absolute atomic E-state index is 13.6. The molecule has 1 aliphatic heterocycles. The number of carbonyl (C=O) groups is 2. The highest BCUT2D eigenvalue weighted by molar-refractivity contribution is 7.92. The molecule has 2 aromatic carbocycles. The molecule has 0 spiro atoms. The zero-order chi connectivity index (χ0) is 23.0. The second kappa shape index (κ2) is 8.70. The van der Waals surface area contributed by atoms with E-state index in [2.05, 4.69) is 0 Å². The summed E-state index contributed by atoms with van der Waals surface area (Å²) in [5, 5.41) is 0. The second-order valence-electron chi connectivity index (χ2n) is 8.87. The van der Waals surface area contributed by atoms with Gasteiger partial charge in [0.05, 0.1) is 29.0 Å². The second-order valence-corrected chi connectivity index (χ2v) is 10.7. The van der Waals surface area contributed by atoms with Gasteiger partial charge in [-0.3, -0.25) is 18.8 Å². The predicted molar refractivity (Wildman–Crippen MR) is 124 cm³/mol. The van der Waals surface area contributed by atoms with E-state index < -0.39 is 10.0 Å². The molecule has 0 unspecified atom stereocenters. The van der Waals surface area contributed by atoms with Crippen LogP contribution in [-0.2, 0) is 26.2 Å². The molecule has 6 nitrogen and oxygen atoms in total. The minimum absolute atomic E-state index is 0.111. The van der Waals surface area contributed by atoms with Crippen molar-refractivity contribution in [1.29, 1.82) is 0 Å². The summed E-state index contributed by atoms with van der Waals surface area (Å²) in [6.45, 7) is 5.91. The highest BCUT2D eigenvalue weighted by Gasteiger charge is 2.47. The third kappa shape index (κ3) is 3.94. The van der Waals surface area contributed by atoms with Crippen LogP contribution in [0.5, 0.6) is 0 Å². The molecule has 1 aliphatic carbocycles. The van der Waals surface area contributed by atoms with Gasteiger partial charge in [-0.1, -0.05) is 37.1 Å². The average Bonchev–Trinajstić information content (AvgIpc) is 3.00. The molecule has 2 atom stereocenters. The summed E-state index contributed by atoms with van der Waals surface area (Å²) < 4.78 is 28.6. The van der Waals surface area contributed by atoms with Crippen LogP contribution in [0.2, 0.25) is 0 Å². The standard InChI is InChI=1S/C25H30N2O4S/c1-4-27(20-9-7-8-17(2)14-20)32(30,31)23-15-19(13-12-18(23)3)16-26-24(28)21-10-5-6-11-22(21)25(26)29/h7-9,12-15,21-22H,4-6,10-11,16H2,1-3H3/t21-,22-/m0/s1. The van der Waals surface area contributed by atoms with E-state index in [0.29, 0.717) is 23.4 Å². The van der Waals surface area contributed by atoms with Crippen LogP contribution in [0, 0.1) is 25.7 Å². The van der Waals surface area contributed by atoms with Crippen LogP contribution in [0.3, 0.4) is 0 Å². The topological polar surface area (TPSA) is 74.8 Å². The SMILES string of the molecule is CCN(c1cccc(C)c1)S(=O)(=O)c1cc(CN2C(=O)[C@H]3CCCC[C@@H]3C2=O)ccc1C. The monoisotopic (exact) mass is 454 g/mol. The molecule has 1 saturated heterocycles. The molecule has 0 radical (unpaired) electrons. The van der Waals surface area contributed by atoms with Crippen LogP contribution < -0.4 is 4.31 Å². The first-order valence-corrected chi connectivity index (χ1v) is 12.7. The fraction of sp³-hybridized carbons (Fsp3) is 0.440. The lowest BCUT2D eigenvalue weighted by Crippen LogP contribution is -2.32. The summed E-state index contributed by atoms with van der Waals surface area (Å²) in [4.78, 5) is 27.2. The summed E-state index contributed by atoms with van der Waals surface area (Å²) in [6.07, 6.45) is 3.49. The molecule has 32 heavy (non-hydrogen) atoms. The molecule has 170 valence electrons. The number of fused-ring (bicyclic) bond motifs is 1. The van der Waals surface area contributed by atoms with E-state index in [1.54, 1.807) is 31.2 Å². The number of benzene rings is 2. The van der Waals surface area contributed by atoms with Crippen molar-refractivity contribution in [3.8, 4) is 0 Å². The first-order chi connectivity index (χ1) is 15.2. The summed E-state index contributed by atoms with van der Waals surface area (Å²) >= 11 is 0. The number of nitrogens with zero attached hydrogens (tertiary/aromatic N) is 2. The van der Waals surface area contributed by atoms with Crippen molar-refractivity contribution in [3.05, 3.63) is 59.2 Å². The number of amides is 2. The van der Waals surface area contributed by atoms with E-state index in [4.69, 9.17) is 0 Å². The van der Waals surface area contributed by atoms with Crippen LogP contribution in [0.25, 0.3) is 0 Å². The van der Waals surface area contributed by atoms with Crippen molar-refractivity contribution in [2.24, 2.45) is 11.8 Å². The van der Waals surface area contributed by atoms with Crippen molar-refractivity contribution >= 4 is 27.5 Å². The number of rotatable bonds is 6. The third-order valence-corrected chi connectivity index (χ3v) is 8.72. The smallest absolute Gasteiger partial charge is 0.264 e. The minimum atomic E-state index is -3.81. The van der Waals surface area contributed by atoms with Gasteiger partial charge in [0.25, 0.3) is 10.0 Å². The lowest BCUT2D eigenvalue weighted by atomic mass is 9.81. The number of hydrogen-bond acceptors (Lipinski definition) is 4. The molecule has 2 aromatic rings. The Morgan fingerprint density at radius 1 is 0.969 bits per heavy atom. The Hall–Kier alpha value is -2.67. The molecular weight excluding hydrogens is 424 g/mol. The molecule has 7 heteroatoms. The predicted octanol–water partition coefficient (Wildman–Crippen LogP) is 4.19. The van der Waals surface area contributed by atoms with Gasteiger partial charge in [-0.2, -0.15) is 0 Å². The Morgan fingerprint density at radius 2 is 1.62 bits per heavy atom. The van der Waals surface area contributed by atoms with E-state index in [1.165, 1.54) is 9.21 Å². The number of aryl methyl sites for hydroxylation is 2.